The van der Waals surface area contributed by atoms with Crippen LogP contribution >= 0.6 is 11.3 Å². The van der Waals surface area contributed by atoms with Crippen LogP contribution in [-0.4, -0.2) is 14.5 Å². The van der Waals surface area contributed by atoms with Crippen molar-refractivity contribution in [3.63, 3.8) is 0 Å². The fourth-order valence-electron chi connectivity index (χ4n) is 3.80. The molecule has 0 N–H and O–H groups in total. The summed E-state index contributed by atoms with van der Waals surface area (Å²) in [5, 5.41) is 1.26. The molecule has 6 rings (SSSR count). The lowest BCUT2D eigenvalue weighted by Gasteiger charge is -2.01. The van der Waals surface area contributed by atoms with E-state index in [0.29, 0.717) is 0 Å². The standard InChI is InChI=1S/C20H13N4S/c1-2-5-13(6-3-1)24-18-15-8-10-21-11-17(15)25-20(18)23-12-16-14(19(23)24)7-4-9-22-16/h1-11H,12H2/q+1. The third-order valence-corrected chi connectivity index (χ3v) is 5.99. The summed E-state index contributed by atoms with van der Waals surface area (Å²) in [4.78, 5) is 10.2. The van der Waals surface area contributed by atoms with Crippen molar-refractivity contribution in [3.8, 4) is 17.1 Å². The molecule has 0 amide bonds. The largest absolute Gasteiger partial charge is 0.298 e. The van der Waals surface area contributed by atoms with Crippen molar-refractivity contribution in [1.82, 2.24) is 14.5 Å². The molecule has 5 aromatic rings. The molecule has 0 bridgehead atoms. The number of thiophene rings is 1. The minimum Gasteiger partial charge on any atom is -0.263 e. The van der Waals surface area contributed by atoms with E-state index in [4.69, 9.17) is 0 Å². The molecule has 5 heterocycles. The molecule has 0 aliphatic carbocycles. The summed E-state index contributed by atoms with van der Waals surface area (Å²) >= 11 is 1.80. The Labute approximate surface area is 147 Å². The van der Waals surface area contributed by atoms with Gasteiger partial charge < -0.3 is 0 Å². The van der Waals surface area contributed by atoms with Gasteiger partial charge in [0.2, 0.25) is 4.83 Å². The summed E-state index contributed by atoms with van der Waals surface area (Å²) in [5.74, 6) is 1.22. The first kappa shape index (κ1) is 13.3. The number of para-hydroxylation sites is 1. The third-order valence-electron chi connectivity index (χ3n) is 4.84. The maximum Gasteiger partial charge on any atom is 0.298 e. The van der Waals surface area contributed by atoms with Gasteiger partial charge in [0.1, 0.15) is 12.2 Å². The first-order chi connectivity index (χ1) is 12.4. The molecule has 0 radical (unpaired) electrons. The van der Waals surface area contributed by atoms with E-state index in [-0.39, 0.29) is 0 Å². The highest BCUT2D eigenvalue weighted by Gasteiger charge is 2.37. The highest BCUT2D eigenvalue weighted by Crippen LogP contribution is 2.39. The zero-order chi connectivity index (χ0) is 16.4. The van der Waals surface area contributed by atoms with Crippen molar-refractivity contribution in [1.29, 1.82) is 0 Å². The number of hydrogen-bond donors (Lipinski definition) is 0. The molecule has 1 aliphatic rings. The topological polar surface area (TPSA) is 34.6 Å². The molecule has 0 unspecified atom stereocenters. The van der Waals surface area contributed by atoms with Gasteiger partial charge in [-0.15, -0.1) is 0 Å². The Morgan fingerprint density at radius 1 is 1.00 bits per heavy atom. The Balaban J connectivity index is 1.84. The molecule has 0 spiro atoms. The summed E-state index contributed by atoms with van der Waals surface area (Å²) in [7, 11) is 0. The van der Waals surface area contributed by atoms with Crippen molar-refractivity contribution in [2.75, 3.05) is 0 Å². The summed E-state index contributed by atoms with van der Waals surface area (Å²) in [6, 6.07) is 16.9. The van der Waals surface area contributed by atoms with Crippen molar-refractivity contribution >= 4 is 31.8 Å². The Morgan fingerprint density at radius 3 is 2.84 bits per heavy atom. The second kappa shape index (κ2) is 4.74. The minimum absolute atomic E-state index is 0.822. The summed E-state index contributed by atoms with van der Waals surface area (Å²) in [5.41, 5.74) is 4.80. The predicted octanol–water partition coefficient (Wildman–Crippen LogP) is 3.95. The van der Waals surface area contributed by atoms with Crippen LogP contribution in [0.25, 0.3) is 37.5 Å². The van der Waals surface area contributed by atoms with Crippen molar-refractivity contribution in [2.24, 2.45) is 0 Å². The van der Waals surface area contributed by atoms with Crippen molar-refractivity contribution in [3.05, 3.63) is 72.8 Å². The van der Waals surface area contributed by atoms with Gasteiger partial charge in [-0.3, -0.25) is 9.97 Å². The van der Waals surface area contributed by atoms with E-state index >= 15 is 0 Å². The van der Waals surface area contributed by atoms with E-state index in [1.165, 1.54) is 37.5 Å². The highest BCUT2D eigenvalue weighted by molar-refractivity contribution is 7.25. The van der Waals surface area contributed by atoms with Crippen molar-refractivity contribution in [2.45, 2.75) is 6.54 Å². The highest BCUT2D eigenvalue weighted by atomic mass is 32.1. The molecule has 4 nitrogen and oxygen atoms in total. The van der Waals surface area contributed by atoms with Crippen LogP contribution < -0.4 is 4.57 Å². The molecule has 118 valence electrons. The molecular formula is C20H13N4S+. The van der Waals surface area contributed by atoms with Crippen LogP contribution in [-0.2, 0) is 6.54 Å². The Bertz CT molecular complexity index is 1270. The Hall–Kier alpha value is -3.05. The van der Waals surface area contributed by atoms with E-state index in [1.54, 1.807) is 11.3 Å². The van der Waals surface area contributed by atoms with Gasteiger partial charge in [0.05, 0.1) is 16.0 Å². The van der Waals surface area contributed by atoms with Gasteiger partial charge in [-0.25, -0.2) is 4.57 Å². The first-order valence-corrected chi connectivity index (χ1v) is 9.04. The second-order valence-corrected chi connectivity index (χ2v) is 7.24. The maximum atomic E-state index is 4.60. The molecule has 25 heavy (non-hydrogen) atoms. The fourth-order valence-corrected chi connectivity index (χ4v) is 4.96. The van der Waals surface area contributed by atoms with Gasteiger partial charge in [-0.2, -0.15) is 4.57 Å². The molecule has 1 aliphatic heterocycles. The molecule has 1 aromatic carbocycles. The molecule has 0 fully saturated rings. The minimum atomic E-state index is 0.822. The van der Waals surface area contributed by atoms with E-state index in [2.05, 4.69) is 61.6 Å². The van der Waals surface area contributed by atoms with Crippen LogP contribution in [0, 0.1) is 0 Å². The van der Waals surface area contributed by atoms with Crippen LogP contribution in [0.5, 0.6) is 0 Å². The molecular weight excluding hydrogens is 328 g/mol. The van der Waals surface area contributed by atoms with Crippen molar-refractivity contribution < 1.29 is 4.57 Å². The Morgan fingerprint density at radius 2 is 1.92 bits per heavy atom. The quantitative estimate of drug-likeness (QED) is 0.424. The van der Waals surface area contributed by atoms with Gasteiger partial charge in [0.15, 0.2) is 5.52 Å². The second-order valence-electron chi connectivity index (χ2n) is 6.21. The van der Waals surface area contributed by atoms with Crippen LogP contribution in [0.15, 0.2) is 67.1 Å². The Kier molecular flexibility index (Phi) is 2.51. The van der Waals surface area contributed by atoms with E-state index in [0.717, 1.165) is 12.2 Å². The lowest BCUT2D eigenvalue weighted by atomic mass is 10.2. The average Bonchev–Trinajstić information content (AvgIpc) is 3.30. The maximum absolute atomic E-state index is 4.60. The van der Waals surface area contributed by atoms with Crippen LogP contribution in [0.2, 0.25) is 0 Å². The molecule has 5 heteroatoms. The molecule has 0 saturated heterocycles. The average molecular weight is 341 g/mol. The monoisotopic (exact) mass is 341 g/mol. The lowest BCUT2D eigenvalue weighted by Crippen LogP contribution is -2.30. The number of rotatable bonds is 1. The predicted molar refractivity (Wildman–Crippen MR) is 99.0 cm³/mol. The van der Waals surface area contributed by atoms with E-state index in [9.17, 15) is 0 Å². The number of aromatic nitrogens is 4. The van der Waals surface area contributed by atoms with Crippen LogP contribution in [0.3, 0.4) is 0 Å². The summed E-state index contributed by atoms with van der Waals surface area (Å²) < 4.78 is 5.99. The number of hydrogen-bond acceptors (Lipinski definition) is 3. The van der Waals surface area contributed by atoms with E-state index in [1.807, 2.05) is 24.7 Å². The number of imidazole rings is 1. The van der Waals surface area contributed by atoms with Gasteiger partial charge in [-0.05, 0) is 30.3 Å². The van der Waals surface area contributed by atoms with E-state index < -0.39 is 0 Å². The zero-order valence-corrected chi connectivity index (χ0v) is 14.1. The lowest BCUT2D eigenvalue weighted by molar-refractivity contribution is -0.644. The fraction of sp³-hybridized carbons (Fsp3) is 0.0500. The number of nitrogens with zero attached hydrogens (tertiary/aromatic N) is 4. The summed E-state index contributed by atoms with van der Waals surface area (Å²) in [6.07, 6.45) is 5.72. The zero-order valence-electron chi connectivity index (χ0n) is 13.3. The van der Waals surface area contributed by atoms with Gasteiger partial charge >= 0.3 is 0 Å². The smallest absolute Gasteiger partial charge is 0.263 e. The van der Waals surface area contributed by atoms with Gasteiger partial charge in [-0.1, -0.05) is 29.5 Å². The van der Waals surface area contributed by atoms with Crippen LogP contribution in [0.4, 0.5) is 0 Å². The third kappa shape index (κ3) is 1.68. The van der Waals surface area contributed by atoms with Gasteiger partial charge in [0, 0.05) is 24.0 Å². The normalized spacial score (nSPS) is 12.6. The number of pyridine rings is 2. The SMILES string of the molecule is c1ccc(-n2c3[n+](c4sc5cnccc5c42)Cc2ncccc2-3)cc1. The number of benzene rings is 1. The molecule has 0 atom stereocenters. The molecule has 0 saturated carbocycles. The molecule has 4 aromatic heterocycles. The van der Waals surface area contributed by atoms with Crippen LogP contribution in [0.1, 0.15) is 5.69 Å². The first-order valence-electron chi connectivity index (χ1n) is 8.22. The summed E-state index contributed by atoms with van der Waals surface area (Å²) in [6.45, 7) is 0.822. The number of fused-ring (bicyclic) bond motifs is 7. The van der Waals surface area contributed by atoms with Gasteiger partial charge in [0.25, 0.3) is 5.82 Å².